The van der Waals surface area contributed by atoms with Gasteiger partial charge in [-0.25, -0.2) is 9.29 Å². The minimum Gasteiger partial charge on any atom is -0.405 e. The number of amides is 4. The molecule has 1 fully saturated rings. The smallest absolute Gasteiger partial charge is 0.289 e. The van der Waals surface area contributed by atoms with Crippen molar-refractivity contribution in [3.05, 3.63) is 69.7 Å². The van der Waals surface area contributed by atoms with Gasteiger partial charge in [-0.3, -0.25) is 24.1 Å². The summed E-state index contributed by atoms with van der Waals surface area (Å²) in [5.41, 5.74) is 0.725. The molecule has 0 bridgehead atoms. The van der Waals surface area contributed by atoms with Crippen molar-refractivity contribution in [2.24, 2.45) is 0 Å². The van der Waals surface area contributed by atoms with Crippen molar-refractivity contribution in [1.82, 2.24) is 9.80 Å². The molecule has 35 heavy (non-hydrogen) atoms. The van der Waals surface area contributed by atoms with E-state index in [1.807, 2.05) is 26.9 Å². The molecule has 7 nitrogen and oxygen atoms in total. The fourth-order valence-corrected chi connectivity index (χ4v) is 5.57. The number of nitrogens with zero attached hydrogens (tertiary/aromatic N) is 2. The first-order chi connectivity index (χ1) is 16.4. The first-order valence-electron chi connectivity index (χ1n) is 11.3. The summed E-state index contributed by atoms with van der Waals surface area (Å²) >= 11 is 3.34. The molecule has 2 aliphatic rings. The second kappa shape index (κ2) is 9.07. The van der Waals surface area contributed by atoms with E-state index in [0.717, 1.165) is 9.37 Å². The summed E-state index contributed by atoms with van der Waals surface area (Å²) in [6, 6.07) is 12.8. The Balaban J connectivity index is 1.76. The van der Waals surface area contributed by atoms with Crippen LogP contribution in [0.3, 0.4) is 0 Å². The van der Waals surface area contributed by atoms with Gasteiger partial charge in [0.25, 0.3) is 29.4 Å². The van der Waals surface area contributed by atoms with Gasteiger partial charge >= 0.3 is 0 Å². The summed E-state index contributed by atoms with van der Waals surface area (Å²) in [7, 11) is -2.48. The van der Waals surface area contributed by atoms with E-state index in [0.29, 0.717) is 10.5 Å². The SMILES string of the molecule is CC(C)[Si](C)(C)O[C@H]1C[C@@](F)(N2C(=O)c3ccccc3C2=O)C(=O)N(Cc2ccc(Br)cc2)C1=O. The minimum absolute atomic E-state index is 0.0213. The molecule has 0 radical (unpaired) electrons. The zero-order valence-corrected chi connectivity index (χ0v) is 22.5. The summed E-state index contributed by atoms with van der Waals surface area (Å²) in [6.07, 6.45) is -2.06. The third-order valence-corrected chi connectivity index (χ3v) is 11.0. The molecule has 2 aliphatic heterocycles. The quantitative estimate of drug-likeness (QED) is 0.291. The third-order valence-electron chi connectivity index (χ3n) is 6.81. The molecule has 10 heteroatoms. The molecular formula is C25H26BrFN2O5Si. The Bertz CT molecular complexity index is 1180. The number of carbonyl (C=O) groups is 4. The van der Waals surface area contributed by atoms with E-state index in [4.69, 9.17) is 4.43 Å². The normalized spacial score (nSPS) is 22.9. The molecule has 2 atom stereocenters. The highest BCUT2D eigenvalue weighted by molar-refractivity contribution is 9.10. The van der Waals surface area contributed by atoms with E-state index >= 15 is 4.39 Å². The molecule has 4 rings (SSSR count). The molecule has 0 saturated carbocycles. The van der Waals surface area contributed by atoms with Crippen molar-refractivity contribution in [3.63, 3.8) is 0 Å². The number of likely N-dealkylation sites (tertiary alicyclic amines) is 1. The van der Waals surface area contributed by atoms with Crippen LogP contribution in [0.1, 0.15) is 46.5 Å². The van der Waals surface area contributed by atoms with E-state index in [-0.39, 0.29) is 23.2 Å². The lowest BCUT2D eigenvalue weighted by molar-refractivity contribution is -0.176. The van der Waals surface area contributed by atoms with Crippen LogP contribution in [0.15, 0.2) is 53.0 Å². The molecule has 0 spiro atoms. The molecule has 0 aromatic heterocycles. The summed E-state index contributed by atoms with van der Waals surface area (Å²) in [5, 5.41) is 0. The van der Waals surface area contributed by atoms with E-state index in [2.05, 4.69) is 15.9 Å². The van der Waals surface area contributed by atoms with Gasteiger partial charge in [-0.05, 0) is 48.5 Å². The van der Waals surface area contributed by atoms with Crippen LogP contribution in [0.5, 0.6) is 0 Å². The van der Waals surface area contributed by atoms with Crippen molar-refractivity contribution >= 4 is 47.9 Å². The number of hydrogen-bond acceptors (Lipinski definition) is 5. The van der Waals surface area contributed by atoms with Gasteiger partial charge in [0.2, 0.25) is 0 Å². The van der Waals surface area contributed by atoms with Gasteiger partial charge < -0.3 is 4.43 Å². The molecule has 2 heterocycles. The predicted molar refractivity (Wildman–Crippen MR) is 133 cm³/mol. The second-order valence-corrected chi connectivity index (χ2v) is 15.2. The van der Waals surface area contributed by atoms with E-state index in [1.165, 1.54) is 12.1 Å². The van der Waals surface area contributed by atoms with Crippen LogP contribution in [0, 0.1) is 0 Å². The van der Waals surface area contributed by atoms with Crippen LogP contribution < -0.4 is 0 Å². The Kier molecular flexibility index (Phi) is 6.58. The number of imide groups is 2. The molecule has 1 saturated heterocycles. The molecular weight excluding hydrogens is 535 g/mol. The summed E-state index contributed by atoms with van der Waals surface area (Å²) in [4.78, 5) is 54.3. The van der Waals surface area contributed by atoms with Crippen LogP contribution in [0.2, 0.25) is 18.6 Å². The van der Waals surface area contributed by atoms with E-state index in [9.17, 15) is 19.2 Å². The Morgan fingerprint density at radius 2 is 1.57 bits per heavy atom. The highest BCUT2D eigenvalue weighted by Gasteiger charge is 2.62. The van der Waals surface area contributed by atoms with Gasteiger partial charge in [0.15, 0.2) is 8.32 Å². The topological polar surface area (TPSA) is 84.0 Å². The van der Waals surface area contributed by atoms with Gasteiger partial charge in [0.05, 0.1) is 17.7 Å². The lowest BCUT2D eigenvalue weighted by Gasteiger charge is -2.44. The van der Waals surface area contributed by atoms with Gasteiger partial charge in [-0.15, -0.1) is 0 Å². The fourth-order valence-electron chi connectivity index (χ4n) is 4.12. The Hall–Kier alpha value is -2.69. The first-order valence-corrected chi connectivity index (χ1v) is 15.1. The average molecular weight is 561 g/mol. The zero-order chi connectivity index (χ0) is 25.7. The van der Waals surface area contributed by atoms with Gasteiger partial charge in [-0.1, -0.05) is 54.0 Å². The molecule has 0 N–H and O–H groups in total. The van der Waals surface area contributed by atoms with Gasteiger partial charge in [0.1, 0.15) is 6.10 Å². The highest BCUT2D eigenvalue weighted by atomic mass is 79.9. The van der Waals surface area contributed by atoms with E-state index < -0.39 is 50.3 Å². The lowest BCUT2D eigenvalue weighted by Crippen LogP contribution is -2.67. The second-order valence-electron chi connectivity index (χ2n) is 9.68. The maximum Gasteiger partial charge on any atom is 0.289 e. The van der Waals surface area contributed by atoms with Crippen molar-refractivity contribution in [2.45, 2.75) is 57.3 Å². The molecule has 0 unspecified atom stereocenters. The number of fused-ring (bicyclic) bond motifs is 1. The molecule has 2 aromatic carbocycles. The van der Waals surface area contributed by atoms with Crippen LogP contribution >= 0.6 is 15.9 Å². The summed E-state index contributed by atoms with van der Waals surface area (Å²) in [6.45, 7) is 7.50. The molecule has 2 aromatic rings. The van der Waals surface area contributed by atoms with Crippen molar-refractivity contribution in [1.29, 1.82) is 0 Å². The van der Waals surface area contributed by atoms with Crippen LogP contribution in [0.4, 0.5) is 4.39 Å². The number of benzene rings is 2. The highest BCUT2D eigenvalue weighted by Crippen LogP contribution is 2.40. The maximum absolute atomic E-state index is 16.8. The average Bonchev–Trinajstić information content (AvgIpc) is 3.07. The number of piperidine rings is 1. The Labute approximate surface area is 212 Å². The Morgan fingerprint density at radius 3 is 2.09 bits per heavy atom. The Morgan fingerprint density at radius 1 is 1.03 bits per heavy atom. The molecule has 0 aliphatic carbocycles. The number of alkyl halides is 1. The van der Waals surface area contributed by atoms with Crippen molar-refractivity contribution in [3.8, 4) is 0 Å². The summed E-state index contributed by atoms with van der Waals surface area (Å²) in [5.74, 6) is -6.80. The maximum atomic E-state index is 16.8. The van der Waals surface area contributed by atoms with Crippen LogP contribution in [0.25, 0.3) is 0 Å². The molecule has 184 valence electrons. The fraction of sp³-hybridized carbons (Fsp3) is 0.360. The van der Waals surface area contributed by atoms with Crippen LogP contribution in [-0.2, 0) is 20.6 Å². The largest absolute Gasteiger partial charge is 0.405 e. The monoisotopic (exact) mass is 560 g/mol. The number of carbonyl (C=O) groups excluding carboxylic acids is 4. The number of rotatable bonds is 6. The summed E-state index contributed by atoms with van der Waals surface area (Å²) < 4.78 is 23.8. The van der Waals surface area contributed by atoms with Crippen molar-refractivity contribution < 1.29 is 28.0 Å². The molecule has 4 amide bonds. The van der Waals surface area contributed by atoms with Crippen molar-refractivity contribution in [2.75, 3.05) is 0 Å². The zero-order valence-electron chi connectivity index (χ0n) is 19.9. The number of hydrogen-bond donors (Lipinski definition) is 0. The lowest BCUT2D eigenvalue weighted by atomic mass is 9.96. The van der Waals surface area contributed by atoms with Crippen LogP contribution in [-0.4, -0.2) is 53.6 Å². The van der Waals surface area contributed by atoms with E-state index in [1.54, 1.807) is 36.4 Å². The predicted octanol–water partition coefficient (Wildman–Crippen LogP) is 4.67. The first kappa shape index (κ1) is 25.4. The third kappa shape index (κ3) is 4.39. The standard InChI is InChI=1S/C25H26BrFN2O5Si/c1-15(2)35(3,4)34-20-13-25(27,29-21(30)18-7-5-6-8-19(18)22(29)31)24(33)28(23(20)32)14-16-9-11-17(26)12-10-16/h5-12,15,20H,13-14H2,1-4H3/t20-,25+/m0/s1. The van der Waals surface area contributed by atoms with Gasteiger partial charge in [0, 0.05) is 10.9 Å². The number of halogens is 2. The van der Waals surface area contributed by atoms with Gasteiger partial charge in [-0.2, -0.15) is 0 Å². The minimum atomic E-state index is -3.07.